The largest absolute Gasteiger partial charge is 0.329 e. The van der Waals surface area contributed by atoms with Crippen LogP contribution in [-0.4, -0.2) is 17.0 Å². The van der Waals surface area contributed by atoms with E-state index < -0.39 is 0 Å². The molecular formula is C13H18FNS. The van der Waals surface area contributed by atoms with Gasteiger partial charge in [0.15, 0.2) is 0 Å². The second-order valence-corrected chi connectivity index (χ2v) is 6.15. The predicted molar refractivity (Wildman–Crippen MR) is 68.3 cm³/mol. The number of thioether (sulfide) groups is 1. The van der Waals surface area contributed by atoms with Gasteiger partial charge in [-0.3, -0.25) is 0 Å². The highest BCUT2D eigenvalue weighted by atomic mass is 32.2. The Morgan fingerprint density at radius 3 is 2.94 bits per heavy atom. The van der Waals surface area contributed by atoms with Gasteiger partial charge in [-0.1, -0.05) is 6.07 Å². The summed E-state index contributed by atoms with van der Waals surface area (Å²) in [6.45, 7) is 2.73. The fourth-order valence-electron chi connectivity index (χ4n) is 2.31. The smallest absolute Gasteiger partial charge is 0.123 e. The van der Waals surface area contributed by atoms with Crippen molar-refractivity contribution in [1.29, 1.82) is 0 Å². The van der Waals surface area contributed by atoms with E-state index in [1.165, 1.54) is 23.8 Å². The molecular weight excluding hydrogens is 221 g/mol. The molecule has 0 aliphatic carbocycles. The van der Waals surface area contributed by atoms with Gasteiger partial charge < -0.3 is 5.73 Å². The molecule has 3 heteroatoms. The lowest BCUT2D eigenvalue weighted by molar-refractivity contribution is 0.559. The molecule has 88 valence electrons. The summed E-state index contributed by atoms with van der Waals surface area (Å²) in [5.41, 5.74) is 8.17. The zero-order chi connectivity index (χ0) is 11.6. The van der Waals surface area contributed by atoms with Gasteiger partial charge in [0.2, 0.25) is 0 Å². The molecule has 1 unspecified atom stereocenters. The van der Waals surface area contributed by atoms with Crippen molar-refractivity contribution < 1.29 is 4.39 Å². The minimum absolute atomic E-state index is 0.143. The fourth-order valence-corrected chi connectivity index (χ4v) is 3.69. The molecule has 0 aromatic heterocycles. The van der Waals surface area contributed by atoms with E-state index in [0.29, 0.717) is 6.54 Å². The summed E-state index contributed by atoms with van der Waals surface area (Å²) in [4.78, 5) is 0. The van der Waals surface area contributed by atoms with Crippen LogP contribution < -0.4 is 5.73 Å². The van der Waals surface area contributed by atoms with Crippen LogP contribution >= 0.6 is 11.8 Å². The zero-order valence-corrected chi connectivity index (χ0v) is 10.4. The van der Waals surface area contributed by atoms with Crippen LogP contribution in [0.15, 0.2) is 18.2 Å². The van der Waals surface area contributed by atoms with Gasteiger partial charge >= 0.3 is 0 Å². The number of nitrogens with two attached hydrogens (primary N) is 1. The summed E-state index contributed by atoms with van der Waals surface area (Å²) < 4.78 is 13.4. The molecule has 1 atom stereocenters. The van der Waals surface area contributed by atoms with E-state index in [1.807, 2.05) is 24.8 Å². The first kappa shape index (κ1) is 11.9. The Bertz CT molecular complexity index is 372. The monoisotopic (exact) mass is 239 g/mol. The number of hydrogen-bond donors (Lipinski definition) is 1. The third-order valence-corrected chi connectivity index (χ3v) is 5.00. The van der Waals surface area contributed by atoms with Crippen molar-refractivity contribution in [3.63, 3.8) is 0 Å². The van der Waals surface area contributed by atoms with Crippen LogP contribution in [0.25, 0.3) is 0 Å². The number of aryl methyl sites for hydroxylation is 1. The minimum Gasteiger partial charge on any atom is -0.329 e. The Balaban J connectivity index is 2.21. The van der Waals surface area contributed by atoms with E-state index in [-0.39, 0.29) is 10.6 Å². The molecule has 1 aromatic rings. The maximum absolute atomic E-state index is 13.2. The van der Waals surface area contributed by atoms with E-state index >= 15 is 0 Å². The highest BCUT2D eigenvalue weighted by Crippen LogP contribution is 2.40. The van der Waals surface area contributed by atoms with E-state index in [9.17, 15) is 4.39 Å². The quantitative estimate of drug-likeness (QED) is 0.877. The number of rotatable bonds is 3. The van der Waals surface area contributed by atoms with Crippen LogP contribution in [0.1, 0.15) is 24.0 Å². The average molecular weight is 239 g/mol. The van der Waals surface area contributed by atoms with Crippen LogP contribution in [0.3, 0.4) is 0 Å². The van der Waals surface area contributed by atoms with Crippen LogP contribution in [0.2, 0.25) is 0 Å². The van der Waals surface area contributed by atoms with E-state index in [1.54, 1.807) is 6.07 Å². The summed E-state index contributed by atoms with van der Waals surface area (Å²) in [5, 5.41) is 0. The maximum Gasteiger partial charge on any atom is 0.123 e. The molecule has 16 heavy (non-hydrogen) atoms. The Kier molecular flexibility index (Phi) is 3.55. The van der Waals surface area contributed by atoms with E-state index in [0.717, 1.165) is 18.4 Å². The van der Waals surface area contributed by atoms with Gasteiger partial charge in [-0.25, -0.2) is 4.39 Å². The van der Waals surface area contributed by atoms with Gasteiger partial charge in [0, 0.05) is 11.3 Å². The normalized spacial score (nSPS) is 24.9. The maximum atomic E-state index is 13.2. The van der Waals surface area contributed by atoms with Crippen molar-refractivity contribution >= 4 is 11.8 Å². The molecule has 1 saturated heterocycles. The SMILES string of the molecule is Cc1ccc(F)cc1CC1(CN)CCCS1. The van der Waals surface area contributed by atoms with Crippen LogP contribution in [0.4, 0.5) is 4.39 Å². The topological polar surface area (TPSA) is 26.0 Å². The third-order valence-electron chi connectivity index (χ3n) is 3.38. The van der Waals surface area contributed by atoms with Crippen molar-refractivity contribution in [3.8, 4) is 0 Å². The average Bonchev–Trinajstić information content (AvgIpc) is 2.73. The fraction of sp³-hybridized carbons (Fsp3) is 0.538. The Labute approximate surface area is 101 Å². The molecule has 1 fully saturated rings. The third kappa shape index (κ3) is 2.41. The first-order chi connectivity index (χ1) is 7.65. The lowest BCUT2D eigenvalue weighted by atomic mass is 9.92. The highest BCUT2D eigenvalue weighted by molar-refractivity contribution is 8.00. The molecule has 1 nitrogen and oxygen atoms in total. The predicted octanol–water partition coefficient (Wildman–Crippen LogP) is 2.90. The summed E-state index contributed by atoms with van der Waals surface area (Å²) in [6.07, 6.45) is 3.29. The minimum atomic E-state index is -0.143. The zero-order valence-electron chi connectivity index (χ0n) is 9.63. The van der Waals surface area contributed by atoms with Gasteiger partial charge in [0.05, 0.1) is 0 Å². The lowest BCUT2D eigenvalue weighted by Gasteiger charge is -2.27. The van der Waals surface area contributed by atoms with Crippen molar-refractivity contribution in [2.45, 2.75) is 30.9 Å². The number of halogens is 1. The molecule has 0 amide bonds. The standard InChI is InChI=1S/C13H18FNS/c1-10-3-4-12(14)7-11(10)8-13(9-15)5-2-6-16-13/h3-4,7H,2,5-6,8-9,15H2,1H3. The van der Waals surface area contributed by atoms with E-state index in [4.69, 9.17) is 5.73 Å². The van der Waals surface area contributed by atoms with Gasteiger partial charge in [0.1, 0.15) is 5.82 Å². The second-order valence-electron chi connectivity index (χ2n) is 4.59. The molecule has 2 rings (SSSR count). The molecule has 0 spiro atoms. The van der Waals surface area contributed by atoms with Crippen LogP contribution in [-0.2, 0) is 6.42 Å². The first-order valence-electron chi connectivity index (χ1n) is 5.74. The first-order valence-corrected chi connectivity index (χ1v) is 6.73. The van der Waals surface area contributed by atoms with Gasteiger partial charge in [-0.05, 0) is 55.2 Å². The second kappa shape index (κ2) is 4.76. The summed E-state index contributed by atoms with van der Waals surface area (Å²) in [7, 11) is 0. The van der Waals surface area contributed by atoms with Crippen molar-refractivity contribution in [1.82, 2.24) is 0 Å². The van der Waals surface area contributed by atoms with Crippen LogP contribution in [0.5, 0.6) is 0 Å². The molecule has 1 aromatic carbocycles. The highest BCUT2D eigenvalue weighted by Gasteiger charge is 2.33. The Morgan fingerprint density at radius 1 is 1.50 bits per heavy atom. The summed E-state index contributed by atoms with van der Waals surface area (Å²) in [5.74, 6) is 1.04. The van der Waals surface area contributed by atoms with E-state index in [2.05, 4.69) is 0 Å². The molecule has 1 aliphatic rings. The van der Waals surface area contributed by atoms with Crippen molar-refractivity contribution in [2.24, 2.45) is 5.73 Å². The summed E-state index contributed by atoms with van der Waals surface area (Å²) in [6, 6.07) is 5.04. The molecule has 0 bridgehead atoms. The molecule has 0 radical (unpaired) electrons. The lowest BCUT2D eigenvalue weighted by Crippen LogP contribution is -2.34. The van der Waals surface area contributed by atoms with Crippen molar-refractivity contribution in [3.05, 3.63) is 35.1 Å². The number of hydrogen-bond acceptors (Lipinski definition) is 2. The van der Waals surface area contributed by atoms with Gasteiger partial charge in [-0.15, -0.1) is 0 Å². The van der Waals surface area contributed by atoms with Gasteiger partial charge in [-0.2, -0.15) is 11.8 Å². The Hall–Kier alpha value is -0.540. The molecule has 1 heterocycles. The summed E-state index contributed by atoms with van der Waals surface area (Å²) >= 11 is 1.95. The van der Waals surface area contributed by atoms with Crippen molar-refractivity contribution in [2.75, 3.05) is 12.3 Å². The Morgan fingerprint density at radius 2 is 2.31 bits per heavy atom. The molecule has 2 N–H and O–H groups in total. The molecule has 1 aliphatic heterocycles. The molecule has 0 saturated carbocycles. The number of benzene rings is 1. The van der Waals surface area contributed by atoms with Gasteiger partial charge in [0.25, 0.3) is 0 Å². The van der Waals surface area contributed by atoms with Crippen LogP contribution in [0, 0.1) is 12.7 Å².